The van der Waals surface area contributed by atoms with Crippen LogP contribution in [-0.2, 0) is 0 Å². The van der Waals surface area contributed by atoms with Crippen molar-refractivity contribution in [1.82, 2.24) is 4.90 Å². The third-order valence-corrected chi connectivity index (χ3v) is 5.76. The fourth-order valence-corrected chi connectivity index (χ4v) is 4.98. The number of benzene rings is 1. The van der Waals surface area contributed by atoms with Gasteiger partial charge >= 0.3 is 6.09 Å². The summed E-state index contributed by atoms with van der Waals surface area (Å²) >= 11 is 0. The fourth-order valence-electron chi connectivity index (χ4n) is 4.98. The van der Waals surface area contributed by atoms with Crippen LogP contribution in [0.25, 0.3) is 0 Å². The lowest BCUT2D eigenvalue weighted by Gasteiger charge is -2.42. The van der Waals surface area contributed by atoms with Gasteiger partial charge in [0.2, 0.25) is 0 Å². The minimum absolute atomic E-state index is 0.0598. The van der Waals surface area contributed by atoms with Crippen LogP contribution in [0.5, 0.6) is 0 Å². The fraction of sp³-hybridized carbons (Fsp3) is 0.632. The summed E-state index contributed by atoms with van der Waals surface area (Å²) in [5.41, 5.74) is 0.742. The maximum absolute atomic E-state index is 13.3. The van der Waals surface area contributed by atoms with Crippen LogP contribution in [0.2, 0.25) is 0 Å². The Kier molecular flexibility index (Phi) is 4.32. The summed E-state index contributed by atoms with van der Waals surface area (Å²) < 4.78 is 13.3. The topological polar surface area (TPSA) is 60.8 Å². The highest BCUT2D eigenvalue weighted by molar-refractivity contribution is 5.66. The van der Waals surface area contributed by atoms with Gasteiger partial charge in [-0.2, -0.15) is 0 Å². The lowest BCUT2D eigenvalue weighted by Crippen LogP contribution is -2.46. The molecule has 3 rings (SSSR count). The molecule has 1 aromatic carbocycles. The van der Waals surface area contributed by atoms with Gasteiger partial charge in [0.05, 0.1) is 6.10 Å². The van der Waals surface area contributed by atoms with Crippen molar-refractivity contribution in [2.45, 2.75) is 51.7 Å². The Bertz CT molecular complexity index is 610. The Labute approximate surface area is 142 Å². The molecular formula is C19H26FNO3. The third-order valence-electron chi connectivity index (χ3n) is 5.76. The van der Waals surface area contributed by atoms with Gasteiger partial charge in [0, 0.05) is 18.5 Å². The largest absolute Gasteiger partial charge is 0.465 e. The van der Waals surface area contributed by atoms with E-state index in [1.54, 1.807) is 17.0 Å². The molecule has 5 atom stereocenters. The van der Waals surface area contributed by atoms with Crippen LogP contribution in [0.1, 0.15) is 45.1 Å². The number of carboxylic acid groups (broad SMARTS) is 1. The number of aliphatic hydroxyl groups is 1. The Morgan fingerprint density at radius 1 is 1.17 bits per heavy atom. The first-order valence-corrected chi connectivity index (χ1v) is 8.63. The van der Waals surface area contributed by atoms with Crippen molar-refractivity contribution in [3.05, 3.63) is 35.6 Å². The summed E-state index contributed by atoms with van der Waals surface area (Å²) in [6.07, 6.45) is 0.0844. The third kappa shape index (κ3) is 2.90. The number of nitrogens with zero attached hydrogens (tertiary/aromatic N) is 1. The van der Waals surface area contributed by atoms with Crippen molar-refractivity contribution >= 4 is 6.09 Å². The molecule has 1 unspecified atom stereocenters. The van der Waals surface area contributed by atoms with Gasteiger partial charge < -0.3 is 15.1 Å². The van der Waals surface area contributed by atoms with Gasteiger partial charge in [-0.3, -0.25) is 0 Å². The van der Waals surface area contributed by atoms with Crippen LogP contribution in [0, 0.1) is 23.1 Å². The number of likely N-dealkylation sites (tertiary alicyclic amines) is 1. The zero-order valence-corrected chi connectivity index (χ0v) is 14.4. The van der Waals surface area contributed by atoms with E-state index in [4.69, 9.17) is 0 Å². The molecule has 5 heteroatoms. The second kappa shape index (κ2) is 6.03. The molecule has 1 amide bonds. The Balaban J connectivity index is 1.98. The number of carbonyl (C=O) groups is 1. The van der Waals surface area contributed by atoms with Crippen LogP contribution < -0.4 is 0 Å². The molecule has 1 aliphatic heterocycles. The number of halogens is 1. The van der Waals surface area contributed by atoms with Gasteiger partial charge in [-0.25, -0.2) is 9.18 Å². The molecule has 1 heterocycles. The number of aliphatic hydroxyl groups excluding tert-OH is 1. The number of hydrogen-bond acceptors (Lipinski definition) is 2. The van der Waals surface area contributed by atoms with Crippen LogP contribution in [0.3, 0.4) is 0 Å². The van der Waals surface area contributed by atoms with E-state index < -0.39 is 12.2 Å². The monoisotopic (exact) mass is 335 g/mol. The van der Waals surface area contributed by atoms with Crippen molar-refractivity contribution in [2.24, 2.45) is 17.3 Å². The highest BCUT2D eigenvalue weighted by Gasteiger charge is 2.54. The first kappa shape index (κ1) is 17.2. The maximum Gasteiger partial charge on any atom is 0.407 e. The quantitative estimate of drug-likeness (QED) is 0.822. The van der Waals surface area contributed by atoms with E-state index >= 15 is 0 Å². The first-order valence-electron chi connectivity index (χ1n) is 8.63. The van der Waals surface area contributed by atoms with E-state index in [-0.39, 0.29) is 35.0 Å². The molecule has 132 valence electrons. The molecule has 4 nitrogen and oxygen atoms in total. The van der Waals surface area contributed by atoms with Gasteiger partial charge in [0.1, 0.15) is 5.82 Å². The molecule has 2 fully saturated rings. The van der Waals surface area contributed by atoms with Crippen LogP contribution in [0.15, 0.2) is 24.3 Å². The van der Waals surface area contributed by atoms with Gasteiger partial charge in [-0.1, -0.05) is 32.9 Å². The lowest BCUT2D eigenvalue weighted by molar-refractivity contribution is 0.0383. The summed E-state index contributed by atoms with van der Waals surface area (Å²) in [6.45, 7) is 6.66. The maximum atomic E-state index is 13.3. The summed E-state index contributed by atoms with van der Waals surface area (Å²) in [4.78, 5) is 13.3. The number of hydrogen-bond donors (Lipinski definition) is 2. The molecule has 1 saturated carbocycles. The Hall–Kier alpha value is -1.62. The van der Waals surface area contributed by atoms with Gasteiger partial charge in [0.25, 0.3) is 0 Å². The van der Waals surface area contributed by atoms with Crippen molar-refractivity contribution in [2.75, 3.05) is 6.54 Å². The van der Waals surface area contributed by atoms with E-state index in [0.717, 1.165) is 12.0 Å². The predicted octanol–water partition coefficient (Wildman–Crippen LogP) is 3.70. The molecule has 24 heavy (non-hydrogen) atoms. The minimum atomic E-state index is -0.892. The summed E-state index contributed by atoms with van der Waals surface area (Å²) in [6, 6.07) is 6.21. The number of amides is 1. The molecule has 0 aromatic heterocycles. The standard InChI is InChI=1S/C19H26FNO3/c1-19(2,3)17-13-8-9-15(22)16(11-4-6-12(20)7-5-11)14(13)10-21(17)18(23)24/h4-7,13-17,22H,8-10H2,1-3H3,(H,23,24)/t13-,14-,15+,16+,17?/m0/s1. The van der Waals surface area contributed by atoms with Crippen LogP contribution in [-0.4, -0.2) is 39.9 Å². The Morgan fingerprint density at radius 3 is 2.33 bits per heavy atom. The molecule has 2 aliphatic rings. The summed E-state index contributed by atoms with van der Waals surface area (Å²) in [7, 11) is 0. The molecular weight excluding hydrogens is 309 g/mol. The Morgan fingerprint density at radius 2 is 1.79 bits per heavy atom. The first-order chi connectivity index (χ1) is 11.2. The van der Waals surface area contributed by atoms with Crippen molar-refractivity contribution in [3.8, 4) is 0 Å². The summed E-state index contributed by atoms with van der Waals surface area (Å²) in [5, 5.41) is 20.3. The van der Waals surface area contributed by atoms with E-state index in [0.29, 0.717) is 13.0 Å². The molecule has 2 N–H and O–H groups in total. The van der Waals surface area contributed by atoms with Crippen molar-refractivity contribution in [1.29, 1.82) is 0 Å². The normalized spacial score (nSPS) is 33.4. The molecule has 0 bridgehead atoms. The lowest BCUT2D eigenvalue weighted by atomic mass is 9.64. The van der Waals surface area contributed by atoms with E-state index in [2.05, 4.69) is 20.8 Å². The number of rotatable bonds is 1. The molecule has 1 aromatic rings. The predicted molar refractivity (Wildman–Crippen MR) is 89.3 cm³/mol. The average molecular weight is 335 g/mol. The van der Waals surface area contributed by atoms with Crippen LogP contribution >= 0.6 is 0 Å². The molecule has 1 saturated heterocycles. The highest BCUT2D eigenvalue weighted by atomic mass is 19.1. The van der Waals surface area contributed by atoms with E-state index in [9.17, 15) is 19.4 Å². The molecule has 0 spiro atoms. The second-order valence-electron chi connectivity index (χ2n) is 8.30. The van der Waals surface area contributed by atoms with Crippen LogP contribution in [0.4, 0.5) is 9.18 Å². The summed E-state index contributed by atoms with van der Waals surface area (Å²) in [5.74, 6) is -0.149. The van der Waals surface area contributed by atoms with Gasteiger partial charge in [0.15, 0.2) is 0 Å². The number of fused-ring (bicyclic) bond motifs is 1. The van der Waals surface area contributed by atoms with Gasteiger partial charge in [-0.05, 0) is 47.8 Å². The molecule has 0 radical (unpaired) electrons. The second-order valence-corrected chi connectivity index (χ2v) is 8.30. The van der Waals surface area contributed by atoms with E-state index in [1.165, 1.54) is 12.1 Å². The smallest absolute Gasteiger partial charge is 0.407 e. The minimum Gasteiger partial charge on any atom is -0.465 e. The zero-order chi connectivity index (χ0) is 17.6. The average Bonchev–Trinajstić information content (AvgIpc) is 2.88. The van der Waals surface area contributed by atoms with Crippen molar-refractivity contribution in [3.63, 3.8) is 0 Å². The van der Waals surface area contributed by atoms with E-state index in [1.807, 2.05) is 0 Å². The van der Waals surface area contributed by atoms with Crippen molar-refractivity contribution < 1.29 is 19.4 Å². The molecule has 1 aliphatic carbocycles. The SMILES string of the molecule is CC(C)(C)C1[C@H]2CC[C@@H](O)[C@H](c3ccc(F)cc3)[C@H]2CN1C(=O)O. The zero-order valence-electron chi connectivity index (χ0n) is 14.4. The van der Waals surface area contributed by atoms with Gasteiger partial charge in [-0.15, -0.1) is 0 Å². The highest BCUT2D eigenvalue weighted by Crippen LogP contribution is 2.51.